The minimum absolute atomic E-state index is 0.0149. The van der Waals surface area contributed by atoms with E-state index in [1.165, 1.54) is 6.07 Å². The highest BCUT2D eigenvalue weighted by Gasteiger charge is 2.10. The summed E-state index contributed by atoms with van der Waals surface area (Å²) in [6, 6.07) is 4.58. The Morgan fingerprint density at radius 1 is 1.41 bits per heavy atom. The van der Waals surface area contributed by atoms with Gasteiger partial charge in [0.05, 0.1) is 6.33 Å². The first kappa shape index (κ1) is 11.5. The van der Waals surface area contributed by atoms with Gasteiger partial charge in [0.25, 0.3) is 0 Å². The van der Waals surface area contributed by atoms with Crippen LogP contribution in [-0.4, -0.2) is 20.2 Å². The Morgan fingerprint density at radius 2 is 2.24 bits per heavy atom. The zero-order chi connectivity index (χ0) is 12.3. The van der Waals surface area contributed by atoms with Crippen molar-refractivity contribution in [1.29, 1.82) is 0 Å². The summed E-state index contributed by atoms with van der Waals surface area (Å²) in [5.74, 6) is 0.154. The first-order chi connectivity index (χ1) is 8.16. The number of hydrogen-bond acceptors (Lipinski definition) is 4. The van der Waals surface area contributed by atoms with E-state index in [1.54, 1.807) is 24.7 Å². The van der Waals surface area contributed by atoms with Gasteiger partial charge in [-0.25, -0.2) is 4.98 Å². The summed E-state index contributed by atoms with van der Waals surface area (Å²) in [6.45, 7) is 2.59. The molecule has 1 aromatic carbocycles. The van der Waals surface area contributed by atoms with Crippen molar-refractivity contribution in [2.45, 2.75) is 19.5 Å². The van der Waals surface area contributed by atoms with E-state index in [2.05, 4.69) is 15.3 Å². The fraction of sp³-hybridized carbons (Fsp3) is 0.250. The van der Waals surface area contributed by atoms with Crippen molar-refractivity contribution in [3.8, 4) is 11.5 Å². The van der Waals surface area contributed by atoms with Crippen LogP contribution in [0.4, 0.5) is 0 Å². The molecule has 0 bridgehead atoms. The molecule has 1 heterocycles. The molecule has 2 rings (SSSR count). The van der Waals surface area contributed by atoms with Crippen molar-refractivity contribution in [1.82, 2.24) is 15.3 Å². The lowest BCUT2D eigenvalue weighted by atomic mass is 10.1. The Hall–Kier alpha value is -2.01. The van der Waals surface area contributed by atoms with E-state index in [0.717, 1.165) is 11.3 Å². The highest BCUT2D eigenvalue weighted by molar-refractivity contribution is 5.40. The number of nitrogens with zero attached hydrogens (tertiary/aromatic N) is 1. The lowest BCUT2D eigenvalue weighted by Crippen LogP contribution is -2.18. The molecule has 0 aliphatic rings. The summed E-state index contributed by atoms with van der Waals surface area (Å²) in [5, 5.41) is 22.2. The van der Waals surface area contributed by atoms with Crippen LogP contribution >= 0.6 is 0 Å². The molecule has 0 saturated carbocycles. The molecule has 1 atom stereocenters. The number of nitrogens with one attached hydrogen (secondary N) is 2. The first-order valence-corrected chi connectivity index (χ1v) is 5.39. The Bertz CT molecular complexity index is 483. The van der Waals surface area contributed by atoms with Crippen molar-refractivity contribution in [3.05, 3.63) is 42.0 Å². The second-order valence-corrected chi connectivity index (χ2v) is 3.92. The van der Waals surface area contributed by atoms with Crippen LogP contribution in [0.15, 0.2) is 30.7 Å². The van der Waals surface area contributed by atoms with E-state index in [4.69, 9.17) is 0 Å². The minimum atomic E-state index is -0.0149. The molecule has 1 unspecified atom stereocenters. The zero-order valence-corrected chi connectivity index (χ0v) is 9.51. The molecule has 0 aliphatic carbocycles. The fourth-order valence-corrected chi connectivity index (χ4v) is 1.65. The second-order valence-electron chi connectivity index (χ2n) is 3.92. The minimum Gasteiger partial charge on any atom is -0.508 e. The highest BCUT2D eigenvalue weighted by atomic mass is 16.3. The highest BCUT2D eigenvalue weighted by Crippen LogP contribution is 2.27. The maximum Gasteiger partial charge on any atom is 0.124 e. The SMILES string of the molecule is CC(NCc1cnc[nH]1)c1ccc(O)cc1O. The molecule has 1 aromatic heterocycles. The Kier molecular flexibility index (Phi) is 3.30. The third-order valence-electron chi connectivity index (χ3n) is 2.63. The summed E-state index contributed by atoms with van der Waals surface area (Å²) < 4.78 is 0. The Morgan fingerprint density at radius 3 is 2.88 bits per heavy atom. The van der Waals surface area contributed by atoms with Gasteiger partial charge in [-0.05, 0) is 13.0 Å². The number of aromatic nitrogens is 2. The maximum absolute atomic E-state index is 9.70. The van der Waals surface area contributed by atoms with E-state index in [0.29, 0.717) is 6.54 Å². The van der Waals surface area contributed by atoms with Crippen LogP contribution in [0.5, 0.6) is 11.5 Å². The van der Waals surface area contributed by atoms with Gasteiger partial charge in [-0.1, -0.05) is 6.07 Å². The molecule has 0 radical (unpaired) electrons. The van der Waals surface area contributed by atoms with Gasteiger partial charge in [0.1, 0.15) is 11.5 Å². The van der Waals surface area contributed by atoms with Gasteiger partial charge >= 0.3 is 0 Å². The van der Waals surface area contributed by atoms with Crippen molar-refractivity contribution < 1.29 is 10.2 Å². The topological polar surface area (TPSA) is 81.2 Å². The molecule has 2 aromatic rings. The van der Waals surface area contributed by atoms with E-state index >= 15 is 0 Å². The van der Waals surface area contributed by atoms with Crippen molar-refractivity contribution in [2.75, 3.05) is 0 Å². The zero-order valence-electron chi connectivity index (χ0n) is 9.51. The maximum atomic E-state index is 9.70. The quantitative estimate of drug-likeness (QED) is 0.647. The van der Waals surface area contributed by atoms with Gasteiger partial charge in [-0.3, -0.25) is 0 Å². The predicted molar refractivity (Wildman–Crippen MR) is 63.6 cm³/mol. The number of rotatable bonds is 4. The molecule has 0 amide bonds. The lowest BCUT2D eigenvalue weighted by molar-refractivity contribution is 0.435. The fourth-order valence-electron chi connectivity index (χ4n) is 1.65. The van der Waals surface area contributed by atoms with Crippen LogP contribution in [0.2, 0.25) is 0 Å². The molecular formula is C12H15N3O2. The standard InChI is InChI=1S/C12H15N3O2/c1-8(14-6-9-5-13-7-15-9)11-3-2-10(16)4-12(11)17/h2-5,7-8,14,16-17H,6H2,1H3,(H,13,15). The van der Waals surface area contributed by atoms with Gasteiger partial charge in [0.2, 0.25) is 0 Å². The number of phenolic OH excluding ortho intramolecular Hbond substituents is 2. The third kappa shape index (κ3) is 2.76. The molecule has 4 N–H and O–H groups in total. The average Bonchev–Trinajstić information content (AvgIpc) is 2.78. The molecule has 5 nitrogen and oxygen atoms in total. The van der Waals surface area contributed by atoms with Crippen LogP contribution in [0.3, 0.4) is 0 Å². The van der Waals surface area contributed by atoms with Crippen LogP contribution in [0.1, 0.15) is 24.2 Å². The van der Waals surface area contributed by atoms with Crippen LogP contribution < -0.4 is 5.32 Å². The predicted octanol–water partition coefficient (Wildman–Crippen LogP) is 1.67. The molecule has 0 aliphatic heterocycles. The first-order valence-electron chi connectivity index (χ1n) is 5.39. The van der Waals surface area contributed by atoms with Crippen LogP contribution in [0.25, 0.3) is 0 Å². The van der Waals surface area contributed by atoms with Crippen molar-refractivity contribution in [3.63, 3.8) is 0 Å². The number of phenols is 2. The number of H-pyrrole nitrogens is 1. The molecule has 90 valence electrons. The van der Waals surface area contributed by atoms with E-state index in [-0.39, 0.29) is 17.5 Å². The van der Waals surface area contributed by atoms with E-state index in [1.807, 2.05) is 6.92 Å². The van der Waals surface area contributed by atoms with Gasteiger partial charge in [-0.2, -0.15) is 0 Å². The summed E-state index contributed by atoms with van der Waals surface area (Å²) in [4.78, 5) is 6.92. The van der Waals surface area contributed by atoms with Gasteiger partial charge in [-0.15, -0.1) is 0 Å². The molecule has 0 saturated heterocycles. The number of imidazole rings is 1. The molecule has 0 spiro atoms. The van der Waals surface area contributed by atoms with Crippen molar-refractivity contribution >= 4 is 0 Å². The smallest absolute Gasteiger partial charge is 0.124 e. The Balaban J connectivity index is 2.01. The van der Waals surface area contributed by atoms with Gasteiger partial charge in [0, 0.05) is 36.1 Å². The molecular weight excluding hydrogens is 218 g/mol. The number of hydrogen-bond donors (Lipinski definition) is 4. The molecule has 5 heteroatoms. The Labute approximate surface area is 99.2 Å². The average molecular weight is 233 g/mol. The van der Waals surface area contributed by atoms with Gasteiger partial charge < -0.3 is 20.5 Å². The van der Waals surface area contributed by atoms with Crippen LogP contribution in [0, 0.1) is 0 Å². The van der Waals surface area contributed by atoms with Crippen molar-refractivity contribution in [2.24, 2.45) is 0 Å². The van der Waals surface area contributed by atoms with E-state index < -0.39 is 0 Å². The van der Waals surface area contributed by atoms with E-state index in [9.17, 15) is 10.2 Å². The lowest BCUT2D eigenvalue weighted by Gasteiger charge is -2.15. The largest absolute Gasteiger partial charge is 0.508 e. The second kappa shape index (κ2) is 4.88. The monoisotopic (exact) mass is 233 g/mol. The summed E-state index contributed by atoms with van der Waals surface area (Å²) in [5.41, 5.74) is 1.73. The summed E-state index contributed by atoms with van der Waals surface area (Å²) in [7, 11) is 0. The summed E-state index contributed by atoms with van der Waals surface area (Å²) >= 11 is 0. The summed E-state index contributed by atoms with van der Waals surface area (Å²) in [6.07, 6.45) is 3.37. The van der Waals surface area contributed by atoms with Crippen LogP contribution in [-0.2, 0) is 6.54 Å². The normalized spacial score (nSPS) is 12.5. The molecule has 17 heavy (non-hydrogen) atoms. The third-order valence-corrected chi connectivity index (χ3v) is 2.63. The number of aromatic amines is 1. The number of aromatic hydroxyl groups is 2. The van der Waals surface area contributed by atoms with Gasteiger partial charge in [0.15, 0.2) is 0 Å². The number of benzene rings is 1. The molecule has 0 fully saturated rings.